The number of hydrogen-bond acceptors (Lipinski definition) is 5. The number of thiophene rings is 1. The first kappa shape index (κ1) is 15.2. The molecule has 5 heteroatoms. The van der Waals surface area contributed by atoms with Crippen LogP contribution in [-0.4, -0.2) is 40.5 Å². The molecule has 0 aliphatic rings. The summed E-state index contributed by atoms with van der Waals surface area (Å²) < 4.78 is 0. The van der Waals surface area contributed by atoms with Crippen LogP contribution >= 0.6 is 11.3 Å². The molecule has 0 bridgehead atoms. The lowest BCUT2D eigenvalue weighted by Crippen LogP contribution is -2.35. The Bertz CT molecular complexity index is 575. The van der Waals surface area contributed by atoms with Crippen LogP contribution in [0, 0.1) is 13.8 Å². The molecule has 0 amide bonds. The number of likely N-dealkylation sites (N-methyl/N-ethyl adjacent to an activating group) is 1. The Labute approximate surface area is 125 Å². The smallest absolute Gasteiger partial charge is 0.138 e. The van der Waals surface area contributed by atoms with E-state index in [2.05, 4.69) is 54.8 Å². The molecule has 0 spiro atoms. The maximum absolute atomic E-state index is 4.45. The van der Waals surface area contributed by atoms with Crippen molar-refractivity contribution in [3.63, 3.8) is 0 Å². The Hall–Kier alpha value is -1.20. The first-order valence-electron chi connectivity index (χ1n) is 7.26. The largest absolute Gasteiger partial charge is 0.366 e. The van der Waals surface area contributed by atoms with Crippen LogP contribution in [0.5, 0.6) is 0 Å². The van der Waals surface area contributed by atoms with Crippen molar-refractivity contribution in [2.45, 2.75) is 40.7 Å². The van der Waals surface area contributed by atoms with Crippen molar-refractivity contribution in [3.05, 3.63) is 16.8 Å². The van der Waals surface area contributed by atoms with E-state index in [0.29, 0.717) is 6.04 Å². The zero-order valence-corrected chi connectivity index (χ0v) is 13.8. The molecule has 2 aromatic rings. The van der Waals surface area contributed by atoms with Crippen LogP contribution in [0.1, 0.15) is 31.2 Å². The SMILES string of the molecule is CCN(CC)CC(C)Nc1ncnc2sc(C)c(C)c12. The van der Waals surface area contributed by atoms with Gasteiger partial charge in [-0.1, -0.05) is 13.8 Å². The molecule has 0 saturated heterocycles. The van der Waals surface area contributed by atoms with Gasteiger partial charge in [0.05, 0.1) is 5.39 Å². The average Bonchev–Trinajstić information content (AvgIpc) is 2.72. The molecule has 0 aromatic carbocycles. The van der Waals surface area contributed by atoms with Crippen molar-refractivity contribution in [3.8, 4) is 0 Å². The molecule has 0 radical (unpaired) electrons. The molecule has 0 saturated carbocycles. The van der Waals surface area contributed by atoms with Crippen LogP contribution in [0.2, 0.25) is 0 Å². The summed E-state index contributed by atoms with van der Waals surface area (Å²) in [6, 6.07) is 0.368. The van der Waals surface area contributed by atoms with Gasteiger partial charge in [0.1, 0.15) is 17.0 Å². The van der Waals surface area contributed by atoms with E-state index in [-0.39, 0.29) is 0 Å². The van der Waals surface area contributed by atoms with Gasteiger partial charge in [-0.3, -0.25) is 0 Å². The van der Waals surface area contributed by atoms with Gasteiger partial charge in [0.25, 0.3) is 0 Å². The third-order valence-corrected chi connectivity index (χ3v) is 4.89. The number of aromatic nitrogens is 2. The Kier molecular flexibility index (Phi) is 4.94. The lowest BCUT2D eigenvalue weighted by Gasteiger charge is -2.24. The molecule has 0 fully saturated rings. The van der Waals surface area contributed by atoms with Crippen LogP contribution in [0.25, 0.3) is 10.2 Å². The van der Waals surface area contributed by atoms with Crippen LogP contribution in [0.15, 0.2) is 6.33 Å². The van der Waals surface area contributed by atoms with E-state index >= 15 is 0 Å². The minimum atomic E-state index is 0.368. The van der Waals surface area contributed by atoms with Crippen LogP contribution in [0.3, 0.4) is 0 Å². The molecule has 0 aliphatic heterocycles. The maximum atomic E-state index is 4.45. The van der Waals surface area contributed by atoms with Crippen molar-refractivity contribution in [1.29, 1.82) is 0 Å². The fraction of sp³-hybridized carbons (Fsp3) is 0.600. The summed E-state index contributed by atoms with van der Waals surface area (Å²) in [5.41, 5.74) is 1.29. The summed E-state index contributed by atoms with van der Waals surface area (Å²) in [6.45, 7) is 14.1. The Morgan fingerprint density at radius 1 is 1.25 bits per heavy atom. The van der Waals surface area contributed by atoms with Crippen molar-refractivity contribution in [2.75, 3.05) is 25.0 Å². The normalized spacial score (nSPS) is 13.1. The lowest BCUT2D eigenvalue weighted by atomic mass is 10.2. The first-order valence-corrected chi connectivity index (χ1v) is 8.08. The molecule has 1 N–H and O–H groups in total. The second kappa shape index (κ2) is 6.50. The van der Waals surface area contributed by atoms with Gasteiger partial charge in [0.2, 0.25) is 0 Å². The molecular weight excluding hydrogens is 268 g/mol. The van der Waals surface area contributed by atoms with E-state index in [9.17, 15) is 0 Å². The first-order chi connectivity index (χ1) is 9.56. The second-order valence-electron chi connectivity index (χ2n) is 5.22. The Morgan fingerprint density at radius 2 is 1.95 bits per heavy atom. The summed E-state index contributed by atoms with van der Waals surface area (Å²) in [6.07, 6.45) is 1.66. The third kappa shape index (κ3) is 3.10. The highest BCUT2D eigenvalue weighted by Crippen LogP contribution is 2.32. The van der Waals surface area contributed by atoms with Crippen molar-refractivity contribution >= 4 is 27.4 Å². The van der Waals surface area contributed by atoms with E-state index in [1.54, 1.807) is 17.7 Å². The molecule has 4 nitrogen and oxygen atoms in total. The Morgan fingerprint density at radius 3 is 2.60 bits per heavy atom. The number of aryl methyl sites for hydroxylation is 2. The van der Waals surface area contributed by atoms with E-state index in [0.717, 1.165) is 30.3 Å². The van der Waals surface area contributed by atoms with E-state index in [1.165, 1.54) is 15.8 Å². The fourth-order valence-corrected chi connectivity index (χ4v) is 3.44. The zero-order chi connectivity index (χ0) is 14.7. The third-order valence-electron chi connectivity index (χ3n) is 3.77. The van der Waals surface area contributed by atoms with Crippen molar-refractivity contribution < 1.29 is 0 Å². The van der Waals surface area contributed by atoms with Crippen LogP contribution in [0.4, 0.5) is 5.82 Å². The minimum Gasteiger partial charge on any atom is -0.366 e. The molecule has 1 atom stereocenters. The minimum absolute atomic E-state index is 0.368. The Balaban J connectivity index is 2.21. The van der Waals surface area contributed by atoms with E-state index in [4.69, 9.17) is 0 Å². The molecular formula is C15H24N4S. The van der Waals surface area contributed by atoms with Gasteiger partial charge >= 0.3 is 0 Å². The summed E-state index contributed by atoms with van der Waals surface area (Å²) in [5, 5.41) is 4.73. The summed E-state index contributed by atoms with van der Waals surface area (Å²) in [7, 11) is 0. The highest BCUT2D eigenvalue weighted by Gasteiger charge is 2.14. The quantitative estimate of drug-likeness (QED) is 0.885. The topological polar surface area (TPSA) is 41.0 Å². The number of rotatable bonds is 6. The predicted molar refractivity (Wildman–Crippen MR) is 87.8 cm³/mol. The number of anilines is 1. The van der Waals surface area contributed by atoms with Gasteiger partial charge in [-0.15, -0.1) is 11.3 Å². The van der Waals surface area contributed by atoms with Crippen molar-refractivity contribution in [1.82, 2.24) is 14.9 Å². The standard InChI is InChI=1S/C15H24N4S/c1-6-19(7-2)8-10(3)18-14-13-11(4)12(5)20-15(13)17-9-16-14/h9-10H,6-8H2,1-5H3,(H,16,17,18). The van der Waals surface area contributed by atoms with Gasteiger partial charge in [0.15, 0.2) is 0 Å². The summed E-state index contributed by atoms with van der Waals surface area (Å²) in [5.74, 6) is 0.969. The highest BCUT2D eigenvalue weighted by atomic mass is 32.1. The van der Waals surface area contributed by atoms with E-state index < -0.39 is 0 Å². The van der Waals surface area contributed by atoms with Gasteiger partial charge in [-0.05, 0) is 39.4 Å². The monoisotopic (exact) mass is 292 g/mol. The van der Waals surface area contributed by atoms with Crippen molar-refractivity contribution in [2.24, 2.45) is 0 Å². The molecule has 2 rings (SSSR count). The fourth-order valence-electron chi connectivity index (χ4n) is 2.44. The number of fused-ring (bicyclic) bond motifs is 1. The molecule has 20 heavy (non-hydrogen) atoms. The molecule has 2 aromatic heterocycles. The summed E-state index contributed by atoms with van der Waals surface area (Å²) in [4.78, 5) is 13.6. The van der Waals surface area contributed by atoms with Gasteiger partial charge in [-0.25, -0.2) is 9.97 Å². The van der Waals surface area contributed by atoms with Gasteiger partial charge < -0.3 is 10.2 Å². The zero-order valence-electron chi connectivity index (χ0n) is 13.0. The summed E-state index contributed by atoms with van der Waals surface area (Å²) >= 11 is 1.74. The number of nitrogens with zero attached hydrogens (tertiary/aromatic N) is 3. The number of hydrogen-bond donors (Lipinski definition) is 1. The number of nitrogens with one attached hydrogen (secondary N) is 1. The molecule has 0 aliphatic carbocycles. The van der Waals surface area contributed by atoms with Crippen LogP contribution < -0.4 is 5.32 Å². The second-order valence-corrected chi connectivity index (χ2v) is 6.42. The molecule has 1 unspecified atom stereocenters. The average molecular weight is 292 g/mol. The van der Waals surface area contributed by atoms with Crippen LogP contribution in [-0.2, 0) is 0 Å². The molecule has 2 heterocycles. The molecule has 110 valence electrons. The predicted octanol–water partition coefficient (Wildman–Crippen LogP) is 3.45. The maximum Gasteiger partial charge on any atom is 0.138 e. The van der Waals surface area contributed by atoms with Gasteiger partial charge in [0, 0.05) is 17.5 Å². The highest BCUT2D eigenvalue weighted by molar-refractivity contribution is 7.18. The lowest BCUT2D eigenvalue weighted by molar-refractivity contribution is 0.294. The van der Waals surface area contributed by atoms with E-state index in [1.807, 2.05) is 0 Å². The van der Waals surface area contributed by atoms with Gasteiger partial charge in [-0.2, -0.15) is 0 Å².